The Labute approximate surface area is 96.3 Å². The van der Waals surface area contributed by atoms with Crippen LogP contribution in [0.3, 0.4) is 0 Å². The summed E-state index contributed by atoms with van der Waals surface area (Å²) in [7, 11) is 0. The Morgan fingerprint density at radius 3 is 2.82 bits per heavy atom. The topological polar surface area (TPSA) is 61.4 Å². The van der Waals surface area contributed by atoms with Crippen molar-refractivity contribution < 1.29 is 22.8 Å². The number of carbonyl (C=O) groups excluding carboxylic acids is 2. The predicted molar refractivity (Wildman–Crippen MR) is 53.1 cm³/mol. The standard InChI is InChI=1S/C9H14F3N3O2/c1-6-8(17)15(3-2-13-6)4-7(16)14-5-9(10,11)12/h6,13H,2-5H2,1H3,(H,14,16). The second-order valence-electron chi connectivity index (χ2n) is 3.83. The van der Waals surface area contributed by atoms with Crippen LogP contribution in [-0.2, 0) is 9.59 Å². The zero-order valence-corrected chi connectivity index (χ0v) is 9.30. The summed E-state index contributed by atoms with van der Waals surface area (Å²) in [5, 5.41) is 4.62. The van der Waals surface area contributed by atoms with Crippen LogP contribution in [0.25, 0.3) is 0 Å². The van der Waals surface area contributed by atoms with E-state index < -0.39 is 24.7 Å². The molecule has 1 rings (SSSR count). The SMILES string of the molecule is CC1NCCN(CC(=O)NCC(F)(F)F)C1=O. The molecule has 1 atom stereocenters. The van der Waals surface area contributed by atoms with Gasteiger partial charge in [0.05, 0.1) is 12.6 Å². The normalized spacial score (nSPS) is 21.5. The van der Waals surface area contributed by atoms with Crippen LogP contribution in [0, 0.1) is 0 Å². The van der Waals surface area contributed by atoms with Gasteiger partial charge in [0.15, 0.2) is 0 Å². The maximum atomic E-state index is 11.8. The molecule has 1 unspecified atom stereocenters. The summed E-state index contributed by atoms with van der Waals surface area (Å²) in [6.07, 6.45) is -4.43. The number of rotatable bonds is 3. The van der Waals surface area contributed by atoms with Gasteiger partial charge in [-0.2, -0.15) is 13.2 Å². The largest absolute Gasteiger partial charge is 0.405 e. The van der Waals surface area contributed by atoms with E-state index in [-0.39, 0.29) is 12.5 Å². The molecule has 0 saturated carbocycles. The van der Waals surface area contributed by atoms with Crippen molar-refractivity contribution in [3.8, 4) is 0 Å². The second kappa shape index (κ2) is 5.35. The Hall–Kier alpha value is -1.31. The Kier molecular flexibility index (Phi) is 4.33. The first-order valence-electron chi connectivity index (χ1n) is 5.15. The number of hydrogen-bond donors (Lipinski definition) is 2. The van der Waals surface area contributed by atoms with Crippen LogP contribution in [0.1, 0.15) is 6.92 Å². The number of piperazine rings is 1. The number of carbonyl (C=O) groups is 2. The van der Waals surface area contributed by atoms with Crippen LogP contribution >= 0.6 is 0 Å². The third-order valence-electron chi connectivity index (χ3n) is 2.33. The lowest BCUT2D eigenvalue weighted by Gasteiger charge is -2.30. The fourth-order valence-electron chi connectivity index (χ4n) is 1.47. The number of amides is 2. The Balaban J connectivity index is 2.38. The fraction of sp³-hybridized carbons (Fsp3) is 0.778. The highest BCUT2D eigenvalue weighted by molar-refractivity contribution is 5.87. The quantitative estimate of drug-likeness (QED) is 0.712. The van der Waals surface area contributed by atoms with Crippen molar-refractivity contribution in [2.75, 3.05) is 26.2 Å². The number of alkyl halides is 3. The van der Waals surface area contributed by atoms with Crippen molar-refractivity contribution in [2.45, 2.75) is 19.1 Å². The molecule has 1 fully saturated rings. The average molecular weight is 253 g/mol. The third kappa shape index (κ3) is 4.59. The van der Waals surface area contributed by atoms with E-state index in [0.717, 1.165) is 0 Å². The molecule has 0 spiro atoms. The van der Waals surface area contributed by atoms with E-state index >= 15 is 0 Å². The summed E-state index contributed by atoms with van der Waals surface area (Å²) >= 11 is 0. The second-order valence-corrected chi connectivity index (χ2v) is 3.83. The van der Waals surface area contributed by atoms with Gasteiger partial charge in [-0.25, -0.2) is 0 Å². The van der Waals surface area contributed by atoms with E-state index in [0.29, 0.717) is 13.1 Å². The van der Waals surface area contributed by atoms with Gasteiger partial charge in [0.2, 0.25) is 11.8 Å². The molecule has 17 heavy (non-hydrogen) atoms. The summed E-state index contributed by atoms with van der Waals surface area (Å²) in [5.74, 6) is -1.08. The van der Waals surface area contributed by atoms with Crippen LogP contribution in [0.2, 0.25) is 0 Å². The maximum Gasteiger partial charge on any atom is 0.405 e. The van der Waals surface area contributed by atoms with E-state index in [4.69, 9.17) is 0 Å². The molecule has 0 aromatic carbocycles. The van der Waals surface area contributed by atoms with E-state index in [9.17, 15) is 22.8 Å². The monoisotopic (exact) mass is 253 g/mol. The molecule has 1 heterocycles. The molecule has 8 heteroatoms. The molecule has 2 N–H and O–H groups in total. The lowest BCUT2D eigenvalue weighted by Crippen LogP contribution is -2.56. The minimum absolute atomic E-state index is 0.279. The van der Waals surface area contributed by atoms with Crippen molar-refractivity contribution in [3.63, 3.8) is 0 Å². The maximum absolute atomic E-state index is 11.8. The average Bonchev–Trinajstić information content (AvgIpc) is 2.21. The number of nitrogens with one attached hydrogen (secondary N) is 2. The summed E-state index contributed by atoms with van der Waals surface area (Å²) in [5.41, 5.74) is 0. The van der Waals surface area contributed by atoms with Crippen molar-refractivity contribution in [2.24, 2.45) is 0 Å². The van der Waals surface area contributed by atoms with Crippen molar-refractivity contribution in [3.05, 3.63) is 0 Å². The Morgan fingerprint density at radius 1 is 1.59 bits per heavy atom. The minimum atomic E-state index is -4.43. The molecule has 0 radical (unpaired) electrons. The predicted octanol–water partition coefficient (Wildman–Crippen LogP) is -0.515. The first-order chi connectivity index (χ1) is 7.79. The van der Waals surface area contributed by atoms with E-state index in [1.165, 1.54) is 4.90 Å². The molecule has 5 nitrogen and oxygen atoms in total. The minimum Gasteiger partial charge on any atom is -0.345 e. The Morgan fingerprint density at radius 2 is 2.24 bits per heavy atom. The van der Waals surface area contributed by atoms with Crippen LogP contribution < -0.4 is 10.6 Å². The van der Waals surface area contributed by atoms with Crippen LogP contribution in [0.5, 0.6) is 0 Å². The third-order valence-corrected chi connectivity index (χ3v) is 2.33. The first-order valence-corrected chi connectivity index (χ1v) is 5.15. The van der Waals surface area contributed by atoms with E-state index in [1.54, 1.807) is 12.2 Å². The first kappa shape index (κ1) is 13.8. The van der Waals surface area contributed by atoms with Gasteiger partial charge in [0, 0.05) is 13.1 Å². The summed E-state index contributed by atoms with van der Waals surface area (Å²) in [6, 6.07) is -0.404. The molecule has 1 aliphatic heterocycles. The van der Waals surface area contributed by atoms with Gasteiger partial charge < -0.3 is 15.5 Å². The van der Waals surface area contributed by atoms with E-state index in [1.807, 2.05) is 0 Å². The highest BCUT2D eigenvalue weighted by atomic mass is 19.4. The zero-order chi connectivity index (χ0) is 13.1. The molecule has 1 aliphatic rings. The highest BCUT2D eigenvalue weighted by Crippen LogP contribution is 2.12. The molecule has 1 saturated heterocycles. The lowest BCUT2D eigenvalue weighted by atomic mass is 10.2. The molecule has 0 aromatic heterocycles. The number of halogens is 3. The fourth-order valence-corrected chi connectivity index (χ4v) is 1.47. The molecule has 0 aliphatic carbocycles. The summed E-state index contributed by atoms with van der Waals surface area (Å²) < 4.78 is 35.5. The van der Waals surface area contributed by atoms with Gasteiger partial charge in [-0.15, -0.1) is 0 Å². The Bertz CT molecular complexity index is 306. The summed E-state index contributed by atoms with van der Waals surface area (Å²) in [6.45, 7) is 0.785. The molecule has 0 aromatic rings. The van der Waals surface area contributed by atoms with Crippen molar-refractivity contribution in [1.29, 1.82) is 0 Å². The van der Waals surface area contributed by atoms with Gasteiger partial charge in [0.25, 0.3) is 0 Å². The van der Waals surface area contributed by atoms with Gasteiger partial charge in [0.1, 0.15) is 6.54 Å². The molecular weight excluding hydrogens is 239 g/mol. The van der Waals surface area contributed by atoms with Gasteiger partial charge in [-0.1, -0.05) is 0 Å². The van der Waals surface area contributed by atoms with Gasteiger partial charge in [-0.3, -0.25) is 9.59 Å². The van der Waals surface area contributed by atoms with Crippen LogP contribution in [-0.4, -0.2) is 55.1 Å². The number of nitrogens with zero attached hydrogens (tertiary/aromatic N) is 1. The van der Waals surface area contributed by atoms with Crippen molar-refractivity contribution >= 4 is 11.8 Å². The lowest BCUT2D eigenvalue weighted by molar-refractivity contribution is -0.143. The number of hydrogen-bond acceptors (Lipinski definition) is 3. The molecule has 0 bridgehead atoms. The van der Waals surface area contributed by atoms with E-state index in [2.05, 4.69) is 5.32 Å². The molecule has 98 valence electrons. The van der Waals surface area contributed by atoms with Gasteiger partial charge >= 0.3 is 6.18 Å². The van der Waals surface area contributed by atoms with Crippen LogP contribution in [0.15, 0.2) is 0 Å². The summed E-state index contributed by atoms with van der Waals surface area (Å²) in [4.78, 5) is 24.0. The molecule has 2 amide bonds. The van der Waals surface area contributed by atoms with Crippen LogP contribution in [0.4, 0.5) is 13.2 Å². The van der Waals surface area contributed by atoms with Crippen molar-refractivity contribution in [1.82, 2.24) is 15.5 Å². The smallest absolute Gasteiger partial charge is 0.345 e. The van der Waals surface area contributed by atoms with Gasteiger partial charge in [-0.05, 0) is 6.92 Å². The zero-order valence-electron chi connectivity index (χ0n) is 9.30. The molecular formula is C9H14F3N3O2. The highest BCUT2D eigenvalue weighted by Gasteiger charge is 2.29.